The summed E-state index contributed by atoms with van der Waals surface area (Å²) in [5.41, 5.74) is -0.196. The molecule has 1 aliphatic rings. The molecular weight excluding hydrogens is 248 g/mol. The minimum atomic E-state index is -0.714. The smallest absolute Gasteiger partial charge is 0.130 e. The highest BCUT2D eigenvalue weighted by molar-refractivity contribution is 5.18. The second-order valence-corrected chi connectivity index (χ2v) is 6.00. The Labute approximate surface area is 113 Å². The zero-order valence-corrected chi connectivity index (χ0v) is 11.5. The molecule has 1 fully saturated rings. The van der Waals surface area contributed by atoms with Crippen LogP contribution in [-0.4, -0.2) is 28.2 Å². The van der Waals surface area contributed by atoms with Crippen LogP contribution in [0.2, 0.25) is 0 Å². The van der Waals surface area contributed by atoms with Gasteiger partial charge in [-0.2, -0.15) is 0 Å². The Bertz CT molecular complexity index is 438. The molecule has 1 aromatic carbocycles. The lowest BCUT2D eigenvalue weighted by molar-refractivity contribution is 0.0552. The first-order valence-corrected chi connectivity index (χ1v) is 6.75. The van der Waals surface area contributed by atoms with Crippen LogP contribution in [0.5, 0.6) is 0 Å². The summed E-state index contributed by atoms with van der Waals surface area (Å²) in [6, 6.07) is 4.20. The highest BCUT2D eigenvalue weighted by Crippen LogP contribution is 2.29. The van der Waals surface area contributed by atoms with Crippen molar-refractivity contribution in [1.29, 1.82) is 0 Å². The van der Waals surface area contributed by atoms with Gasteiger partial charge in [-0.3, -0.25) is 4.90 Å². The van der Waals surface area contributed by atoms with E-state index in [4.69, 9.17) is 0 Å². The van der Waals surface area contributed by atoms with Gasteiger partial charge in [0.1, 0.15) is 11.6 Å². The molecule has 0 aliphatic heterocycles. The van der Waals surface area contributed by atoms with E-state index < -0.39 is 17.2 Å². The SMILES string of the molecule is CC(C)(O)CCN(Cc1ccc(F)cc1F)C1CC1. The van der Waals surface area contributed by atoms with Gasteiger partial charge in [0, 0.05) is 30.8 Å². The molecule has 2 nitrogen and oxygen atoms in total. The number of benzene rings is 1. The fourth-order valence-corrected chi connectivity index (χ4v) is 2.12. The van der Waals surface area contributed by atoms with Crippen LogP contribution in [0.3, 0.4) is 0 Å². The molecule has 1 saturated carbocycles. The molecule has 1 aliphatic carbocycles. The second-order valence-electron chi connectivity index (χ2n) is 6.00. The van der Waals surface area contributed by atoms with Crippen LogP contribution < -0.4 is 0 Å². The van der Waals surface area contributed by atoms with Gasteiger partial charge in [-0.15, -0.1) is 0 Å². The predicted octanol–water partition coefficient (Wildman–Crippen LogP) is 3.09. The predicted molar refractivity (Wildman–Crippen MR) is 70.7 cm³/mol. The number of rotatable bonds is 6. The third-order valence-electron chi connectivity index (χ3n) is 3.46. The average molecular weight is 269 g/mol. The molecule has 0 unspecified atom stereocenters. The van der Waals surface area contributed by atoms with Crippen molar-refractivity contribution in [3.63, 3.8) is 0 Å². The van der Waals surface area contributed by atoms with Crippen molar-refractivity contribution in [3.05, 3.63) is 35.4 Å². The fraction of sp³-hybridized carbons (Fsp3) is 0.600. The van der Waals surface area contributed by atoms with Crippen LogP contribution in [0, 0.1) is 11.6 Å². The third-order valence-corrected chi connectivity index (χ3v) is 3.46. The summed E-state index contributed by atoms with van der Waals surface area (Å²) in [6.07, 6.45) is 2.88. The third kappa shape index (κ3) is 4.55. The number of nitrogens with zero attached hydrogens (tertiary/aromatic N) is 1. The van der Waals surface area contributed by atoms with Crippen LogP contribution in [0.4, 0.5) is 8.78 Å². The van der Waals surface area contributed by atoms with Crippen LogP contribution >= 0.6 is 0 Å². The van der Waals surface area contributed by atoms with Crippen molar-refractivity contribution in [1.82, 2.24) is 4.90 Å². The first kappa shape index (κ1) is 14.4. The van der Waals surface area contributed by atoms with Crippen molar-refractivity contribution in [3.8, 4) is 0 Å². The van der Waals surface area contributed by atoms with Crippen molar-refractivity contribution in [2.75, 3.05) is 6.54 Å². The van der Waals surface area contributed by atoms with Gasteiger partial charge in [0.15, 0.2) is 0 Å². The highest BCUT2D eigenvalue weighted by atomic mass is 19.1. The van der Waals surface area contributed by atoms with Gasteiger partial charge in [0.2, 0.25) is 0 Å². The lowest BCUT2D eigenvalue weighted by Crippen LogP contribution is -2.32. The molecule has 0 amide bonds. The molecule has 4 heteroatoms. The van der Waals surface area contributed by atoms with Gasteiger partial charge in [-0.05, 0) is 39.2 Å². The van der Waals surface area contributed by atoms with Gasteiger partial charge in [0.25, 0.3) is 0 Å². The molecule has 0 heterocycles. The standard InChI is InChI=1S/C15H21F2NO/c1-15(2,19)7-8-18(13-5-6-13)10-11-3-4-12(16)9-14(11)17/h3-4,9,13,19H,5-8,10H2,1-2H3. The van der Waals surface area contributed by atoms with Gasteiger partial charge >= 0.3 is 0 Å². The summed E-state index contributed by atoms with van der Waals surface area (Å²) < 4.78 is 26.5. The Balaban J connectivity index is 2.00. The van der Waals surface area contributed by atoms with E-state index in [-0.39, 0.29) is 0 Å². The van der Waals surface area contributed by atoms with E-state index in [0.717, 1.165) is 25.5 Å². The van der Waals surface area contributed by atoms with E-state index in [1.165, 1.54) is 12.1 Å². The second kappa shape index (κ2) is 5.55. The van der Waals surface area contributed by atoms with Crippen molar-refractivity contribution >= 4 is 0 Å². The normalized spacial score (nSPS) is 16.1. The lowest BCUT2D eigenvalue weighted by atomic mass is 10.1. The molecule has 0 saturated heterocycles. The lowest BCUT2D eigenvalue weighted by Gasteiger charge is -2.26. The Morgan fingerprint density at radius 3 is 2.53 bits per heavy atom. The van der Waals surface area contributed by atoms with E-state index >= 15 is 0 Å². The molecule has 0 radical (unpaired) electrons. The Hall–Kier alpha value is -1.00. The van der Waals surface area contributed by atoms with Crippen LogP contribution in [0.25, 0.3) is 0 Å². The number of hydrogen-bond donors (Lipinski definition) is 1. The van der Waals surface area contributed by atoms with E-state index in [2.05, 4.69) is 4.90 Å². The molecule has 0 atom stereocenters. The molecule has 1 N–H and O–H groups in total. The average Bonchev–Trinajstić information content (AvgIpc) is 3.09. The summed E-state index contributed by atoms with van der Waals surface area (Å²) >= 11 is 0. The molecule has 106 valence electrons. The van der Waals surface area contributed by atoms with Gasteiger partial charge in [-0.25, -0.2) is 8.78 Å². The van der Waals surface area contributed by atoms with Crippen LogP contribution in [-0.2, 0) is 6.54 Å². The summed E-state index contributed by atoms with van der Waals surface area (Å²) in [5, 5.41) is 9.78. The molecule has 2 rings (SSSR count). The van der Waals surface area contributed by atoms with E-state index in [1.807, 2.05) is 0 Å². The summed E-state index contributed by atoms with van der Waals surface area (Å²) in [5.74, 6) is -1.04. The van der Waals surface area contributed by atoms with Crippen molar-refractivity contribution in [2.45, 2.75) is 51.3 Å². The number of halogens is 2. The number of aliphatic hydroxyl groups is 1. The van der Waals surface area contributed by atoms with Crippen molar-refractivity contribution in [2.24, 2.45) is 0 Å². The van der Waals surface area contributed by atoms with E-state index in [9.17, 15) is 13.9 Å². The summed E-state index contributed by atoms with van der Waals surface area (Å²) in [6.45, 7) is 4.75. The zero-order valence-electron chi connectivity index (χ0n) is 11.5. The summed E-state index contributed by atoms with van der Waals surface area (Å²) in [7, 11) is 0. The van der Waals surface area contributed by atoms with Crippen LogP contribution in [0.15, 0.2) is 18.2 Å². The molecule has 1 aromatic rings. The minimum absolute atomic E-state index is 0.479. The quantitative estimate of drug-likeness (QED) is 0.858. The van der Waals surface area contributed by atoms with Gasteiger partial charge in [0.05, 0.1) is 5.60 Å². The maximum atomic E-state index is 13.7. The molecular formula is C15H21F2NO. The van der Waals surface area contributed by atoms with E-state index in [0.29, 0.717) is 24.6 Å². The zero-order chi connectivity index (χ0) is 14.0. The molecule has 0 aromatic heterocycles. The Kier molecular flexibility index (Phi) is 4.21. The van der Waals surface area contributed by atoms with E-state index in [1.54, 1.807) is 13.8 Å². The molecule has 0 spiro atoms. The highest BCUT2D eigenvalue weighted by Gasteiger charge is 2.30. The summed E-state index contributed by atoms with van der Waals surface area (Å²) in [4.78, 5) is 2.17. The monoisotopic (exact) mass is 269 g/mol. The molecule has 0 bridgehead atoms. The number of hydrogen-bond acceptors (Lipinski definition) is 2. The van der Waals surface area contributed by atoms with Crippen molar-refractivity contribution < 1.29 is 13.9 Å². The maximum absolute atomic E-state index is 13.7. The fourth-order valence-electron chi connectivity index (χ4n) is 2.12. The van der Waals surface area contributed by atoms with Gasteiger partial charge < -0.3 is 5.11 Å². The molecule has 19 heavy (non-hydrogen) atoms. The maximum Gasteiger partial charge on any atom is 0.130 e. The first-order valence-electron chi connectivity index (χ1n) is 6.75. The van der Waals surface area contributed by atoms with Gasteiger partial charge in [-0.1, -0.05) is 6.07 Å². The van der Waals surface area contributed by atoms with Crippen LogP contribution in [0.1, 0.15) is 38.7 Å². The largest absolute Gasteiger partial charge is 0.390 e. The first-order chi connectivity index (χ1) is 8.85. The topological polar surface area (TPSA) is 23.5 Å². The minimum Gasteiger partial charge on any atom is -0.390 e. The Morgan fingerprint density at radius 2 is 2.00 bits per heavy atom. The Morgan fingerprint density at radius 1 is 1.32 bits per heavy atom.